The Morgan fingerprint density at radius 2 is 2.22 bits per heavy atom. The fraction of sp³-hybridized carbons (Fsp3) is 0.714. The lowest BCUT2D eigenvalue weighted by Crippen LogP contribution is -2.38. The summed E-state index contributed by atoms with van der Waals surface area (Å²) in [4.78, 5) is 2.61. The SMILES string of the molecule is Brc1ccc(CN(CC2CCCNC2)C2CC2)o1. The number of piperidine rings is 1. The van der Waals surface area contributed by atoms with Gasteiger partial charge in [0.05, 0.1) is 6.54 Å². The maximum atomic E-state index is 5.64. The molecule has 2 aliphatic rings. The van der Waals surface area contributed by atoms with Crippen LogP contribution in [-0.2, 0) is 6.54 Å². The van der Waals surface area contributed by atoms with Gasteiger partial charge in [0.2, 0.25) is 0 Å². The number of hydrogen-bond acceptors (Lipinski definition) is 3. The average molecular weight is 313 g/mol. The van der Waals surface area contributed by atoms with Gasteiger partial charge in [-0.25, -0.2) is 0 Å². The van der Waals surface area contributed by atoms with E-state index >= 15 is 0 Å². The molecule has 1 aromatic rings. The number of rotatable bonds is 5. The van der Waals surface area contributed by atoms with Gasteiger partial charge in [0.15, 0.2) is 4.67 Å². The van der Waals surface area contributed by atoms with Crippen molar-refractivity contribution in [3.8, 4) is 0 Å². The Kier molecular flexibility index (Phi) is 4.07. The molecule has 1 unspecified atom stereocenters. The van der Waals surface area contributed by atoms with Crippen LogP contribution in [-0.4, -0.2) is 30.6 Å². The Morgan fingerprint density at radius 3 is 2.83 bits per heavy atom. The quantitative estimate of drug-likeness (QED) is 0.906. The highest BCUT2D eigenvalue weighted by atomic mass is 79.9. The standard InChI is InChI=1S/C14H21BrN2O/c15-14-6-5-13(18-14)10-17(12-3-4-12)9-11-2-1-7-16-8-11/h5-6,11-12,16H,1-4,7-10H2. The van der Waals surface area contributed by atoms with Crippen molar-refractivity contribution in [1.29, 1.82) is 0 Å². The second-order valence-electron chi connectivity index (χ2n) is 5.58. The van der Waals surface area contributed by atoms with Gasteiger partial charge < -0.3 is 9.73 Å². The Morgan fingerprint density at radius 1 is 1.33 bits per heavy atom. The van der Waals surface area contributed by atoms with E-state index in [2.05, 4.69) is 32.2 Å². The number of hydrogen-bond donors (Lipinski definition) is 1. The van der Waals surface area contributed by atoms with Gasteiger partial charge in [-0.15, -0.1) is 0 Å². The van der Waals surface area contributed by atoms with Crippen LogP contribution in [0.3, 0.4) is 0 Å². The Balaban J connectivity index is 1.57. The smallest absolute Gasteiger partial charge is 0.169 e. The highest BCUT2D eigenvalue weighted by Gasteiger charge is 2.31. The summed E-state index contributed by atoms with van der Waals surface area (Å²) >= 11 is 3.38. The molecular formula is C14H21BrN2O. The van der Waals surface area contributed by atoms with Crippen LogP contribution in [0, 0.1) is 5.92 Å². The monoisotopic (exact) mass is 312 g/mol. The van der Waals surface area contributed by atoms with Crippen molar-refractivity contribution in [2.75, 3.05) is 19.6 Å². The van der Waals surface area contributed by atoms with E-state index in [1.54, 1.807) is 0 Å². The van der Waals surface area contributed by atoms with Crippen LogP contribution in [0.4, 0.5) is 0 Å². The summed E-state index contributed by atoms with van der Waals surface area (Å²) in [6.45, 7) is 4.57. The summed E-state index contributed by atoms with van der Waals surface area (Å²) in [5.74, 6) is 1.90. The van der Waals surface area contributed by atoms with Gasteiger partial charge in [-0.3, -0.25) is 4.90 Å². The van der Waals surface area contributed by atoms with Crippen LogP contribution >= 0.6 is 15.9 Å². The molecule has 1 aromatic heterocycles. The predicted octanol–water partition coefficient (Wildman–Crippen LogP) is 3.01. The topological polar surface area (TPSA) is 28.4 Å². The van der Waals surface area contributed by atoms with Crippen molar-refractivity contribution in [1.82, 2.24) is 10.2 Å². The minimum atomic E-state index is 0.802. The van der Waals surface area contributed by atoms with E-state index in [0.29, 0.717) is 0 Å². The molecule has 18 heavy (non-hydrogen) atoms. The molecule has 1 aliphatic heterocycles. The van der Waals surface area contributed by atoms with Crippen LogP contribution in [0.1, 0.15) is 31.4 Å². The molecule has 3 nitrogen and oxygen atoms in total. The van der Waals surface area contributed by atoms with Crippen molar-refractivity contribution in [2.45, 2.75) is 38.3 Å². The van der Waals surface area contributed by atoms with Crippen molar-refractivity contribution in [3.63, 3.8) is 0 Å². The summed E-state index contributed by atoms with van der Waals surface area (Å²) < 4.78 is 6.48. The molecule has 1 saturated carbocycles. The number of nitrogens with zero attached hydrogens (tertiary/aromatic N) is 1. The van der Waals surface area contributed by atoms with Crippen molar-refractivity contribution < 1.29 is 4.42 Å². The second-order valence-corrected chi connectivity index (χ2v) is 6.36. The van der Waals surface area contributed by atoms with Gasteiger partial charge in [0, 0.05) is 12.6 Å². The first-order valence-corrected chi connectivity index (χ1v) is 7.79. The van der Waals surface area contributed by atoms with E-state index in [-0.39, 0.29) is 0 Å². The molecule has 1 atom stereocenters. The Labute approximate surface area is 117 Å². The minimum Gasteiger partial charge on any atom is -0.453 e. The zero-order chi connectivity index (χ0) is 12.4. The van der Waals surface area contributed by atoms with Gasteiger partial charge >= 0.3 is 0 Å². The lowest BCUT2D eigenvalue weighted by molar-refractivity contribution is 0.180. The van der Waals surface area contributed by atoms with E-state index in [4.69, 9.17) is 4.42 Å². The molecule has 0 spiro atoms. The molecule has 2 fully saturated rings. The van der Waals surface area contributed by atoms with E-state index < -0.39 is 0 Å². The normalized spacial score (nSPS) is 24.7. The molecule has 2 heterocycles. The first-order chi connectivity index (χ1) is 8.81. The van der Waals surface area contributed by atoms with Gasteiger partial charge in [-0.2, -0.15) is 0 Å². The molecule has 0 amide bonds. The first kappa shape index (κ1) is 12.7. The average Bonchev–Trinajstić information content (AvgIpc) is 3.15. The van der Waals surface area contributed by atoms with E-state index in [1.807, 2.05) is 6.07 Å². The predicted molar refractivity (Wildman–Crippen MR) is 75.4 cm³/mol. The maximum Gasteiger partial charge on any atom is 0.169 e. The molecule has 1 saturated heterocycles. The highest BCUT2D eigenvalue weighted by Crippen LogP contribution is 2.30. The van der Waals surface area contributed by atoms with Crippen LogP contribution in [0.25, 0.3) is 0 Å². The fourth-order valence-corrected chi connectivity index (χ4v) is 3.17. The molecule has 3 rings (SSSR count). The van der Waals surface area contributed by atoms with Gasteiger partial charge in [-0.1, -0.05) is 0 Å². The summed E-state index contributed by atoms with van der Waals surface area (Å²) in [7, 11) is 0. The zero-order valence-electron chi connectivity index (χ0n) is 10.7. The van der Waals surface area contributed by atoms with Crippen molar-refractivity contribution >= 4 is 15.9 Å². The van der Waals surface area contributed by atoms with Crippen LogP contribution in [0.15, 0.2) is 21.2 Å². The molecule has 0 aromatic carbocycles. The van der Waals surface area contributed by atoms with Crippen molar-refractivity contribution in [3.05, 3.63) is 22.6 Å². The van der Waals surface area contributed by atoms with Gasteiger partial charge in [-0.05, 0) is 72.8 Å². The summed E-state index contributed by atoms with van der Waals surface area (Å²) in [6.07, 6.45) is 5.43. The Bertz CT molecular complexity index is 383. The third-order valence-electron chi connectivity index (χ3n) is 3.94. The maximum absolute atomic E-state index is 5.64. The van der Waals surface area contributed by atoms with E-state index in [9.17, 15) is 0 Å². The largest absolute Gasteiger partial charge is 0.453 e. The van der Waals surface area contributed by atoms with Crippen molar-refractivity contribution in [2.24, 2.45) is 5.92 Å². The third-order valence-corrected chi connectivity index (χ3v) is 4.37. The Hall–Kier alpha value is -0.320. The molecule has 1 aliphatic carbocycles. The van der Waals surface area contributed by atoms with E-state index in [0.717, 1.165) is 28.9 Å². The fourth-order valence-electron chi connectivity index (χ4n) is 2.83. The molecular weight excluding hydrogens is 292 g/mol. The molecule has 4 heteroatoms. The molecule has 100 valence electrons. The lowest BCUT2D eigenvalue weighted by Gasteiger charge is -2.29. The van der Waals surface area contributed by atoms with Crippen LogP contribution in [0.5, 0.6) is 0 Å². The number of furan rings is 1. The summed E-state index contributed by atoms with van der Waals surface area (Å²) in [5.41, 5.74) is 0. The van der Waals surface area contributed by atoms with Crippen LogP contribution < -0.4 is 5.32 Å². The molecule has 0 bridgehead atoms. The van der Waals surface area contributed by atoms with Gasteiger partial charge in [0.25, 0.3) is 0 Å². The summed E-state index contributed by atoms with van der Waals surface area (Å²) in [5, 5.41) is 3.51. The minimum absolute atomic E-state index is 0.802. The van der Waals surface area contributed by atoms with Gasteiger partial charge in [0.1, 0.15) is 5.76 Å². The number of nitrogens with one attached hydrogen (secondary N) is 1. The lowest BCUT2D eigenvalue weighted by atomic mass is 9.99. The number of halogens is 1. The second kappa shape index (κ2) is 5.76. The zero-order valence-corrected chi connectivity index (χ0v) is 12.3. The first-order valence-electron chi connectivity index (χ1n) is 7.00. The van der Waals surface area contributed by atoms with E-state index in [1.165, 1.54) is 45.3 Å². The van der Waals surface area contributed by atoms with Crippen LogP contribution in [0.2, 0.25) is 0 Å². The third kappa shape index (κ3) is 3.37. The summed E-state index contributed by atoms with van der Waals surface area (Å²) in [6, 6.07) is 4.87. The highest BCUT2D eigenvalue weighted by molar-refractivity contribution is 9.10. The molecule has 0 radical (unpaired) electrons. The molecule has 1 N–H and O–H groups in total.